The molecule has 2 aromatic heterocycles. The van der Waals surface area contributed by atoms with Crippen LogP contribution >= 0.6 is 11.3 Å². The molecule has 0 aliphatic carbocycles. The molecule has 0 atom stereocenters. The first-order valence-electron chi connectivity index (χ1n) is 8.84. The maximum atomic E-state index is 12.4. The van der Waals surface area contributed by atoms with Gasteiger partial charge < -0.3 is 14.6 Å². The maximum Gasteiger partial charge on any atom is 0.357 e. The van der Waals surface area contributed by atoms with E-state index in [9.17, 15) is 9.59 Å². The van der Waals surface area contributed by atoms with Crippen molar-refractivity contribution in [2.24, 2.45) is 0 Å². The lowest BCUT2D eigenvalue weighted by molar-refractivity contribution is -0.116. The van der Waals surface area contributed by atoms with Gasteiger partial charge in [-0.15, -0.1) is 11.3 Å². The number of hydrogen-bond donors (Lipinski definition) is 1. The molecular weight excluding hydrogens is 362 g/mol. The summed E-state index contributed by atoms with van der Waals surface area (Å²) in [7, 11) is 1.31. The van der Waals surface area contributed by atoms with Crippen LogP contribution in [0.5, 0.6) is 0 Å². The van der Waals surface area contributed by atoms with Crippen LogP contribution in [0.1, 0.15) is 47.2 Å². The monoisotopic (exact) mass is 385 g/mol. The van der Waals surface area contributed by atoms with Crippen LogP contribution in [0.25, 0.3) is 10.9 Å². The van der Waals surface area contributed by atoms with Gasteiger partial charge in [0.15, 0.2) is 10.8 Å². The van der Waals surface area contributed by atoms with Gasteiger partial charge in [0, 0.05) is 34.4 Å². The van der Waals surface area contributed by atoms with Crippen molar-refractivity contribution in [1.29, 1.82) is 0 Å². The highest BCUT2D eigenvalue weighted by molar-refractivity contribution is 7.16. The number of esters is 1. The third kappa shape index (κ3) is 4.03. The summed E-state index contributed by atoms with van der Waals surface area (Å²) in [5.74, 6) is -0.618. The van der Waals surface area contributed by atoms with Gasteiger partial charge in [0.2, 0.25) is 5.91 Å². The van der Waals surface area contributed by atoms with Gasteiger partial charge in [0.1, 0.15) is 0 Å². The number of hydrogen-bond acceptors (Lipinski definition) is 5. The van der Waals surface area contributed by atoms with Crippen molar-refractivity contribution in [2.45, 2.75) is 39.7 Å². The van der Waals surface area contributed by atoms with Crippen LogP contribution in [0.4, 0.5) is 5.13 Å². The summed E-state index contributed by atoms with van der Waals surface area (Å²) in [6, 6.07) is 8.59. The minimum absolute atomic E-state index is 0.124. The number of carbonyl (C=O) groups excluding carboxylic acids is 2. The molecule has 0 saturated carbocycles. The van der Waals surface area contributed by atoms with E-state index in [-0.39, 0.29) is 11.6 Å². The first kappa shape index (κ1) is 19.1. The number of thiazole rings is 1. The molecule has 1 N–H and O–H groups in total. The fourth-order valence-corrected chi connectivity index (χ4v) is 3.89. The maximum absolute atomic E-state index is 12.4. The molecule has 0 aliphatic rings. The highest BCUT2D eigenvalue weighted by Gasteiger charge is 2.17. The van der Waals surface area contributed by atoms with E-state index in [0.29, 0.717) is 24.0 Å². The van der Waals surface area contributed by atoms with Crippen LogP contribution in [0.2, 0.25) is 0 Å². The topological polar surface area (TPSA) is 73.2 Å². The second-order valence-corrected chi connectivity index (χ2v) is 7.84. The van der Waals surface area contributed by atoms with E-state index in [1.807, 2.05) is 12.1 Å². The zero-order valence-corrected chi connectivity index (χ0v) is 16.7. The number of fused-ring (bicyclic) bond motifs is 1. The van der Waals surface area contributed by atoms with Crippen molar-refractivity contribution in [2.75, 3.05) is 12.4 Å². The van der Waals surface area contributed by atoms with Crippen LogP contribution in [0, 0.1) is 6.92 Å². The Hall–Kier alpha value is -2.67. The van der Waals surface area contributed by atoms with E-state index in [1.54, 1.807) is 6.92 Å². The fourth-order valence-electron chi connectivity index (χ4n) is 3.07. The lowest BCUT2D eigenvalue weighted by Gasteiger charge is -2.08. The van der Waals surface area contributed by atoms with Crippen molar-refractivity contribution >= 4 is 39.2 Å². The van der Waals surface area contributed by atoms with E-state index in [4.69, 9.17) is 4.74 Å². The lowest BCUT2D eigenvalue weighted by atomic mass is 10.1. The summed E-state index contributed by atoms with van der Waals surface area (Å²) in [6.07, 6.45) is 3.12. The number of benzene rings is 1. The van der Waals surface area contributed by atoms with Gasteiger partial charge in [0.25, 0.3) is 0 Å². The van der Waals surface area contributed by atoms with Crippen LogP contribution in [-0.4, -0.2) is 28.5 Å². The number of anilines is 1. The third-order valence-corrected chi connectivity index (χ3v) is 5.31. The molecule has 1 aromatic carbocycles. The number of amides is 1. The molecule has 1 amide bonds. The predicted molar refractivity (Wildman–Crippen MR) is 107 cm³/mol. The van der Waals surface area contributed by atoms with Gasteiger partial charge in [0.05, 0.1) is 7.11 Å². The highest BCUT2D eigenvalue weighted by atomic mass is 32.1. The molecule has 2 heterocycles. The van der Waals surface area contributed by atoms with E-state index >= 15 is 0 Å². The van der Waals surface area contributed by atoms with Gasteiger partial charge in [-0.05, 0) is 38.8 Å². The standard InChI is InChI=1S/C20H23N3O3S/c1-12(2)23-11-14(15-7-5-6-8-16(15)23)9-10-17(24)21-20-22-18(13(3)27-20)19(25)26-4/h5-8,11-12H,9-10H2,1-4H3,(H,21,22,24). The Labute approximate surface area is 162 Å². The van der Waals surface area contributed by atoms with E-state index in [1.165, 1.54) is 29.3 Å². The Kier molecular flexibility index (Phi) is 5.60. The van der Waals surface area contributed by atoms with Gasteiger partial charge in [-0.2, -0.15) is 0 Å². The molecule has 27 heavy (non-hydrogen) atoms. The Morgan fingerprint density at radius 1 is 1.30 bits per heavy atom. The molecule has 142 valence electrons. The van der Waals surface area contributed by atoms with Crippen molar-refractivity contribution in [1.82, 2.24) is 9.55 Å². The normalized spacial score (nSPS) is 11.1. The second-order valence-electron chi connectivity index (χ2n) is 6.64. The number of aromatic nitrogens is 2. The van der Waals surface area contributed by atoms with Crippen LogP contribution < -0.4 is 5.32 Å². The molecule has 0 aliphatic heterocycles. The molecule has 7 heteroatoms. The number of methoxy groups -OCH3 is 1. The minimum atomic E-state index is -0.495. The molecule has 0 spiro atoms. The largest absolute Gasteiger partial charge is 0.464 e. The molecular formula is C20H23N3O3S. The number of ether oxygens (including phenoxy) is 1. The number of rotatable bonds is 6. The first-order chi connectivity index (χ1) is 12.9. The molecule has 3 rings (SSSR count). The Morgan fingerprint density at radius 3 is 2.74 bits per heavy atom. The fraction of sp³-hybridized carbons (Fsp3) is 0.350. The van der Waals surface area contributed by atoms with Gasteiger partial charge >= 0.3 is 5.97 Å². The average Bonchev–Trinajstić information content (AvgIpc) is 3.20. The summed E-state index contributed by atoms with van der Waals surface area (Å²) in [5, 5.41) is 4.38. The highest BCUT2D eigenvalue weighted by Crippen LogP contribution is 2.26. The number of nitrogens with one attached hydrogen (secondary N) is 1. The molecule has 0 radical (unpaired) electrons. The quantitative estimate of drug-likeness (QED) is 0.641. The summed E-state index contributed by atoms with van der Waals surface area (Å²) in [6.45, 7) is 6.07. The number of nitrogens with zero attached hydrogens (tertiary/aromatic N) is 2. The molecule has 6 nitrogen and oxygen atoms in total. The lowest BCUT2D eigenvalue weighted by Crippen LogP contribution is -2.12. The first-order valence-corrected chi connectivity index (χ1v) is 9.66. The van der Waals surface area contributed by atoms with Crippen molar-refractivity contribution in [3.8, 4) is 0 Å². The van der Waals surface area contributed by atoms with E-state index < -0.39 is 5.97 Å². The van der Waals surface area contributed by atoms with Crippen molar-refractivity contribution in [3.05, 3.63) is 46.6 Å². The Bertz CT molecular complexity index is 988. The van der Waals surface area contributed by atoms with Crippen LogP contribution in [0.3, 0.4) is 0 Å². The van der Waals surface area contributed by atoms with Gasteiger partial charge in [-0.3, -0.25) is 4.79 Å². The molecule has 0 fully saturated rings. The molecule has 0 unspecified atom stereocenters. The Balaban J connectivity index is 1.70. The SMILES string of the molecule is COC(=O)c1nc(NC(=O)CCc2cn(C(C)C)c3ccccc23)sc1C. The predicted octanol–water partition coefficient (Wildman–Crippen LogP) is 4.35. The van der Waals surface area contributed by atoms with E-state index in [0.717, 1.165) is 10.4 Å². The average molecular weight is 385 g/mol. The van der Waals surface area contributed by atoms with Crippen molar-refractivity contribution < 1.29 is 14.3 Å². The number of para-hydroxylation sites is 1. The molecule has 0 saturated heterocycles. The smallest absolute Gasteiger partial charge is 0.357 e. The van der Waals surface area contributed by atoms with Crippen LogP contribution in [0.15, 0.2) is 30.5 Å². The van der Waals surface area contributed by atoms with Gasteiger partial charge in [-0.25, -0.2) is 9.78 Å². The Morgan fingerprint density at radius 2 is 2.04 bits per heavy atom. The zero-order chi connectivity index (χ0) is 19.6. The van der Waals surface area contributed by atoms with Crippen LogP contribution in [-0.2, 0) is 16.0 Å². The van der Waals surface area contributed by atoms with Crippen molar-refractivity contribution in [3.63, 3.8) is 0 Å². The van der Waals surface area contributed by atoms with E-state index in [2.05, 4.69) is 47.0 Å². The molecule has 3 aromatic rings. The minimum Gasteiger partial charge on any atom is -0.464 e. The summed E-state index contributed by atoms with van der Waals surface area (Å²) in [4.78, 5) is 28.9. The van der Waals surface area contributed by atoms with Gasteiger partial charge in [-0.1, -0.05) is 18.2 Å². The second kappa shape index (κ2) is 7.92. The summed E-state index contributed by atoms with van der Waals surface area (Å²) < 4.78 is 6.92. The number of carbonyl (C=O) groups is 2. The zero-order valence-electron chi connectivity index (χ0n) is 15.9. The third-order valence-electron chi connectivity index (χ3n) is 4.42. The summed E-state index contributed by atoms with van der Waals surface area (Å²) >= 11 is 1.27. The number of aryl methyl sites for hydroxylation is 2. The summed E-state index contributed by atoms with van der Waals surface area (Å²) in [5.41, 5.74) is 2.58. The molecule has 0 bridgehead atoms.